The molecule has 0 amide bonds. The Kier molecular flexibility index (Phi) is 4.31. The normalized spacial score (nSPS) is 12.5. The molecule has 4 heteroatoms. The van der Waals surface area contributed by atoms with Gasteiger partial charge in [0, 0.05) is 19.2 Å². The van der Waals surface area contributed by atoms with Crippen LogP contribution in [-0.2, 0) is 0 Å². The van der Waals surface area contributed by atoms with Gasteiger partial charge in [-0.05, 0) is 52.4 Å². The van der Waals surface area contributed by atoms with E-state index < -0.39 is 6.10 Å². The first-order chi connectivity index (χ1) is 8.08. The van der Waals surface area contributed by atoms with Crippen LogP contribution < -0.4 is 0 Å². The van der Waals surface area contributed by atoms with E-state index in [0.717, 1.165) is 9.13 Å². The van der Waals surface area contributed by atoms with Crippen molar-refractivity contribution in [1.82, 2.24) is 0 Å². The Hall–Kier alpha value is -0.290. The number of aliphatic hydroxyl groups excluding tert-OH is 1. The molecule has 0 spiro atoms. The second-order valence-electron chi connectivity index (χ2n) is 3.62. The molecule has 0 fully saturated rings. The smallest absolute Gasteiger partial charge is 0.106 e. The Balaban J connectivity index is 2.40. The fourth-order valence-electron chi connectivity index (χ4n) is 1.58. The van der Waals surface area contributed by atoms with Gasteiger partial charge in [0.25, 0.3) is 0 Å². The summed E-state index contributed by atoms with van der Waals surface area (Å²) in [6, 6.07) is 12.8. The van der Waals surface area contributed by atoms with Gasteiger partial charge in [0.05, 0.1) is 0 Å². The van der Waals surface area contributed by atoms with Gasteiger partial charge in [0.2, 0.25) is 0 Å². The van der Waals surface area contributed by atoms with Crippen LogP contribution in [0.25, 0.3) is 0 Å². The second kappa shape index (κ2) is 5.57. The van der Waals surface area contributed by atoms with Gasteiger partial charge < -0.3 is 5.11 Å². The van der Waals surface area contributed by atoms with Gasteiger partial charge in [-0.15, -0.1) is 0 Å². The van der Waals surface area contributed by atoms with Crippen LogP contribution >= 0.6 is 45.8 Å². The molecule has 17 heavy (non-hydrogen) atoms. The highest BCUT2D eigenvalue weighted by molar-refractivity contribution is 14.1. The Morgan fingerprint density at radius 3 is 2.47 bits per heavy atom. The summed E-state index contributed by atoms with van der Waals surface area (Å²) < 4.78 is 1.07. The molecular weight excluding hydrogens is 370 g/mol. The van der Waals surface area contributed by atoms with Crippen LogP contribution in [0.1, 0.15) is 17.2 Å². The van der Waals surface area contributed by atoms with Gasteiger partial charge in [-0.25, -0.2) is 0 Å². The van der Waals surface area contributed by atoms with E-state index in [0.29, 0.717) is 15.6 Å². The number of rotatable bonds is 2. The third kappa shape index (κ3) is 3.13. The summed E-state index contributed by atoms with van der Waals surface area (Å²) in [4.78, 5) is 0. The number of halogens is 3. The van der Waals surface area contributed by atoms with E-state index >= 15 is 0 Å². The van der Waals surface area contributed by atoms with E-state index in [1.807, 2.05) is 24.3 Å². The molecule has 0 aromatic heterocycles. The Morgan fingerprint density at radius 2 is 1.82 bits per heavy atom. The summed E-state index contributed by atoms with van der Waals surface area (Å²) in [7, 11) is 0. The summed E-state index contributed by atoms with van der Waals surface area (Å²) in [5.74, 6) is 0. The van der Waals surface area contributed by atoms with Crippen molar-refractivity contribution in [2.24, 2.45) is 0 Å². The van der Waals surface area contributed by atoms with Crippen LogP contribution in [0.15, 0.2) is 42.5 Å². The van der Waals surface area contributed by atoms with Crippen LogP contribution in [0.4, 0.5) is 0 Å². The van der Waals surface area contributed by atoms with E-state index in [-0.39, 0.29) is 0 Å². The van der Waals surface area contributed by atoms with Crippen LogP contribution in [0.3, 0.4) is 0 Å². The van der Waals surface area contributed by atoms with Crippen molar-refractivity contribution in [1.29, 1.82) is 0 Å². The first-order valence-electron chi connectivity index (χ1n) is 4.96. The minimum absolute atomic E-state index is 0.476. The van der Waals surface area contributed by atoms with Gasteiger partial charge in [-0.1, -0.05) is 41.4 Å². The fraction of sp³-hybridized carbons (Fsp3) is 0.0769. The van der Waals surface area contributed by atoms with Crippen molar-refractivity contribution in [2.45, 2.75) is 6.10 Å². The lowest BCUT2D eigenvalue weighted by Gasteiger charge is -2.13. The zero-order valence-electron chi connectivity index (χ0n) is 8.70. The third-order valence-corrected chi connectivity index (χ3v) is 3.65. The summed E-state index contributed by atoms with van der Waals surface area (Å²) in [6.07, 6.45) is -0.727. The Bertz CT molecular complexity index is 543. The molecule has 1 unspecified atom stereocenters. The zero-order chi connectivity index (χ0) is 12.4. The van der Waals surface area contributed by atoms with Gasteiger partial charge in [0.1, 0.15) is 6.10 Å². The Labute approximate surface area is 124 Å². The maximum absolute atomic E-state index is 10.3. The van der Waals surface area contributed by atoms with Crippen LogP contribution in [0.5, 0.6) is 0 Å². The van der Waals surface area contributed by atoms with E-state index in [1.54, 1.807) is 18.2 Å². The van der Waals surface area contributed by atoms with E-state index in [1.165, 1.54) is 0 Å². The predicted octanol–water partition coefficient (Wildman–Crippen LogP) is 4.68. The molecule has 0 aliphatic rings. The summed E-state index contributed by atoms with van der Waals surface area (Å²) in [5.41, 5.74) is 1.49. The standard InChI is InChI=1S/C13H9Cl2IO/c14-9-4-5-11(12(15)7-9)13(17)8-2-1-3-10(16)6-8/h1-7,13,17H. The first kappa shape index (κ1) is 13.1. The number of hydrogen-bond acceptors (Lipinski definition) is 1. The lowest BCUT2D eigenvalue weighted by molar-refractivity contribution is 0.220. The molecule has 2 rings (SSSR count). The Morgan fingerprint density at radius 1 is 1.06 bits per heavy atom. The van der Waals surface area contributed by atoms with Crippen molar-refractivity contribution in [3.8, 4) is 0 Å². The predicted molar refractivity (Wildman–Crippen MR) is 79.7 cm³/mol. The van der Waals surface area contributed by atoms with E-state index in [2.05, 4.69) is 22.6 Å². The molecule has 0 saturated heterocycles. The molecule has 0 heterocycles. The molecule has 2 aromatic carbocycles. The number of aliphatic hydroxyl groups is 1. The van der Waals surface area contributed by atoms with Crippen molar-refractivity contribution < 1.29 is 5.11 Å². The lowest BCUT2D eigenvalue weighted by atomic mass is 10.0. The quantitative estimate of drug-likeness (QED) is 0.752. The van der Waals surface area contributed by atoms with Gasteiger partial charge in [0.15, 0.2) is 0 Å². The average molecular weight is 379 g/mol. The largest absolute Gasteiger partial charge is 0.384 e. The third-order valence-electron chi connectivity index (χ3n) is 2.42. The highest BCUT2D eigenvalue weighted by Gasteiger charge is 2.14. The highest BCUT2D eigenvalue weighted by atomic mass is 127. The van der Waals surface area contributed by atoms with Crippen molar-refractivity contribution in [3.63, 3.8) is 0 Å². The molecule has 0 bridgehead atoms. The highest BCUT2D eigenvalue weighted by Crippen LogP contribution is 2.30. The molecule has 0 aliphatic carbocycles. The minimum Gasteiger partial charge on any atom is -0.384 e. The lowest BCUT2D eigenvalue weighted by Crippen LogP contribution is -2.00. The van der Waals surface area contributed by atoms with Crippen LogP contribution in [-0.4, -0.2) is 5.11 Å². The average Bonchev–Trinajstić information content (AvgIpc) is 2.28. The monoisotopic (exact) mass is 378 g/mol. The van der Waals surface area contributed by atoms with Crippen molar-refractivity contribution in [2.75, 3.05) is 0 Å². The molecule has 88 valence electrons. The molecule has 0 radical (unpaired) electrons. The van der Waals surface area contributed by atoms with E-state index in [9.17, 15) is 5.11 Å². The zero-order valence-corrected chi connectivity index (χ0v) is 12.4. The molecule has 0 aliphatic heterocycles. The molecule has 1 N–H and O–H groups in total. The van der Waals surface area contributed by atoms with Crippen LogP contribution in [0, 0.1) is 3.57 Å². The van der Waals surface area contributed by atoms with E-state index in [4.69, 9.17) is 23.2 Å². The maximum atomic E-state index is 10.3. The molecule has 1 atom stereocenters. The number of hydrogen-bond donors (Lipinski definition) is 1. The summed E-state index contributed by atoms with van der Waals surface area (Å²) in [6.45, 7) is 0. The topological polar surface area (TPSA) is 20.2 Å². The van der Waals surface area contributed by atoms with Gasteiger partial charge in [-0.2, -0.15) is 0 Å². The summed E-state index contributed by atoms with van der Waals surface area (Å²) >= 11 is 14.1. The number of benzene rings is 2. The van der Waals surface area contributed by atoms with Crippen molar-refractivity contribution in [3.05, 3.63) is 67.2 Å². The maximum Gasteiger partial charge on any atom is 0.106 e. The SMILES string of the molecule is OC(c1cccc(I)c1)c1ccc(Cl)cc1Cl. The van der Waals surface area contributed by atoms with Crippen LogP contribution in [0.2, 0.25) is 10.0 Å². The fourth-order valence-corrected chi connectivity index (χ4v) is 2.66. The van der Waals surface area contributed by atoms with Crippen molar-refractivity contribution >= 4 is 45.8 Å². The minimum atomic E-state index is -0.727. The molecule has 1 nitrogen and oxygen atoms in total. The molecular formula is C13H9Cl2IO. The second-order valence-corrected chi connectivity index (χ2v) is 5.71. The summed E-state index contributed by atoms with van der Waals surface area (Å²) in [5, 5.41) is 11.3. The first-order valence-corrected chi connectivity index (χ1v) is 6.80. The van der Waals surface area contributed by atoms with Gasteiger partial charge >= 0.3 is 0 Å². The molecule has 2 aromatic rings. The van der Waals surface area contributed by atoms with Gasteiger partial charge in [-0.3, -0.25) is 0 Å². The molecule has 0 saturated carbocycles.